The van der Waals surface area contributed by atoms with Crippen molar-refractivity contribution in [1.82, 2.24) is 0 Å². The summed E-state index contributed by atoms with van der Waals surface area (Å²) in [5, 5.41) is 0. The number of ether oxygens (including phenoxy) is 2. The second-order valence-corrected chi connectivity index (χ2v) is 7.77. The van der Waals surface area contributed by atoms with Gasteiger partial charge in [0.25, 0.3) is 0 Å². The number of alkyl halides is 1. The average Bonchev–Trinajstić information content (AvgIpc) is 2.84. The van der Waals surface area contributed by atoms with Crippen molar-refractivity contribution in [2.24, 2.45) is 0 Å². The van der Waals surface area contributed by atoms with E-state index in [1.807, 2.05) is 85.8 Å². The van der Waals surface area contributed by atoms with Crippen LogP contribution in [0, 0.1) is 6.92 Å². The van der Waals surface area contributed by atoms with Crippen LogP contribution in [-0.4, -0.2) is 12.9 Å². The Morgan fingerprint density at radius 2 is 1.28 bits per heavy atom. The Bertz CT molecular complexity index is 1210. The third-order valence-corrected chi connectivity index (χ3v) is 5.57. The lowest BCUT2D eigenvalue weighted by molar-refractivity contribution is 0.103. The number of carbonyl (C=O) groups excluding carboxylic acids is 1. The van der Waals surface area contributed by atoms with Crippen molar-refractivity contribution in [1.29, 1.82) is 0 Å². The number of ketones is 1. The van der Waals surface area contributed by atoms with E-state index in [4.69, 9.17) is 21.1 Å². The van der Waals surface area contributed by atoms with Crippen molar-refractivity contribution in [3.63, 3.8) is 0 Å². The molecule has 0 heterocycles. The van der Waals surface area contributed by atoms with Gasteiger partial charge in [-0.3, -0.25) is 4.79 Å². The Morgan fingerprint density at radius 3 is 1.84 bits per heavy atom. The first-order valence-corrected chi connectivity index (χ1v) is 10.8. The number of benzene rings is 4. The minimum Gasteiger partial charge on any atom is -0.496 e. The van der Waals surface area contributed by atoms with E-state index < -0.39 is 0 Å². The van der Waals surface area contributed by atoms with Crippen molar-refractivity contribution in [3.05, 3.63) is 113 Å². The molecule has 0 radical (unpaired) electrons. The maximum atomic E-state index is 12.6. The molecule has 0 bridgehead atoms. The Hall–Kier alpha value is -3.56. The molecular formula is C28H23ClO3. The minimum atomic E-state index is -0.00305. The lowest BCUT2D eigenvalue weighted by atomic mass is 10.0. The summed E-state index contributed by atoms with van der Waals surface area (Å²) in [6.45, 7) is 2.00. The molecule has 4 heteroatoms. The van der Waals surface area contributed by atoms with Crippen molar-refractivity contribution < 1.29 is 14.3 Å². The van der Waals surface area contributed by atoms with Gasteiger partial charge in [0.1, 0.15) is 17.2 Å². The van der Waals surface area contributed by atoms with Crippen molar-refractivity contribution in [2.45, 2.75) is 12.8 Å². The lowest BCUT2D eigenvalue weighted by Crippen LogP contribution is -2.00. The van der Waals surface area contributed by atoms with E-state index in [-0.39, 0.29) is 5.78 Å². The van der Waals surface area contributed by atoms with Crippen LogP contribution in [0.2, 0.25) is 0 Å². The van der Waals surface area contributed by atoms with E-state index in [2.05, 4.69) is 0 Å². The molecule has 0 aromatic heterocycles. The highest BCUT2D eigenvalue weighted by molar-refractivity contribution is 6.17. The zero-order chi connectivity index (χ0) is 22.5. The highest BCUT2D eigenvalue weighted by Crippen LogP contribution is 2.30. The molecule has 0 aliphatic rings. The summed E-state index contributed by atoms with van der Waals surface area (Å²) in [6.07, 6.45) is 0. The van der Waals surface area contributed by atoms with E-state index in [1.165, 1.54) is 0 Å². The third kappa shape index (κ3) is 4.84. The SMILES string of the molecule is COc1ccc(-c2ccc(Oc3ccc(C(=O)c4ccc(C)cc4)cc3)cc2)cc1CCl. The number of hydrogen-bond acceptors (Lipinski definition) is 3. The highest BCUT2D eigenvalue weighted by atomic mass is 35.5. The van der Waals surface area contributed by atoms with Crippen molar-refractivity contribution in [3.8, 4) is 28.4 Å². The molecule has 0 N–H and O–H groups in total. The van der Waals surface area contributed by atoms with Crippen LogP contribution in [0.15, 0.2) is 91.0 Å². The van der Waals surface area contributed by atoms with Crippen LogP contribution in [0.3, 0.4) is 0 Å². The first-order chi connectivity index (χ1) is 15.6. The van der Waals surface area contributed by atoms with Gasteiger partial charge >= 0.3 is 0 Å². The fraction of sp³-hybridized carbons (Fsp3) is 0.107. The molecule has 4 rings (SSSR count). The zero-order valence-electron chi connectivity index (χ0n) is 18.0. The molecule has 0 fully saturated rings. The van der Waals surface area contributed by atoms with Gasteiger partial charge in [0.15, 0.2) is 5.78 Å². The third-order valence-electron chi connectivity index (χ3n) is 5.28. The van der Waals surface area contributed by atoms with E-state index >= 15 is 0 Å². The van der Waals surface area contributed by atoms with E-state index in [0.29, 0.717) is 22.8 Å². The molecule has 0 unspecified atom stereocenters. The molecule has 32 heavy (non-hydrogen) atoms. The van der Waals surface area contributed by atoms with Crippen LogP contribution in [-0.2, 0) is 5.88 Å². The molecule has 4 aromatic rings. The summed E-state index contributed by atoms with van der Waals surface area (Å²) >= 11 is 6.04. The normalized spacial score (nSPS) is 10.6. The molecule has 160 valence electrons. The van der Waals surface area contributed by atoms with Crippen LogP contribution in [0.25, 0.3) is 11.1 Å². The number of halogens is 1. The van der Waals surface area contributed by atoms with E-state index in [9.17, 15) is 4.79 Å². The summed E-state index contributed by atoms with van der Waals surface area (Å²) in [5.74, 6) is 2.56. The number of carbonyl (C=O) groups is 1. The standard InChI is InChI=1S/C28H23ClO3/c1-19-3-5-21(6-4-19)28(30)22-9-14-26(15-10-22)32-25-12-7-20(8-13-25)23-11-16-27(31-2)24(17-23)18-29/h3-17H,18H2,1-2H3. The largest absolute Gasteiger partial charge is 0.496 e. The molecule has 0 aliphatic heterocycles. The Morgan fingerprint density at radius 1 is 0.750 bits per heavy atom. The topological polar surface area (TPSA) is 35.5 Å². The molecule has 0 saturated heterocycles. The quantitative estimate of drug-likeness (QED) is 0.220. The highest BCUT2D eigenvalue weighted by Gasteiger charge is 2.10. The number of hydrogen-bond donors (Lipinski definition) is 0. The molecule has 0 amide bonds. The summed E-state index contributed by atoms with van der Waals surface area (Å²) in [4.78, 5) is 12.6. The fourth-order valence-corrected chi connectivity index (χ4v) is 3.67. The smallest absolute Gasteiger partial charge is 0.193 e. The molecule has 0 saturated carbocycles. The maximum Gasteiger partial charge on any atom is 0.193 e. The predicted octanol–water partition coefficient (Wildman–Crippen LogP) is 7.43. The zero-order valence-corrected chi connectivity index (χ0v) is 18.7. The van der Waals surface area contributed by atoms with Crippen LogP contribution >= 0.6 is 11.6 Å². The molecule has 4 aromatic carbocycles. The first kappa shape index (κ1) is 21.7. The minimum absolute atomic E-state index is 0.00305. The molecule has 0 atom stereocenters. The van der Waals surface area contributed by atoms with Gasteiger partial charge in [0.2, 0.25) is 0 Å². The molecule has 0 aliphatic carbocycles. The van der Waals surface area contributed by atoms with Gasteiger partial charge in [-0.2, -0.15) is 0 Å². The second-order valence-electron chi connectivity index (χ2n) is 7.51. The average molecular weight is 443 g/mol. The van der Waals surface area contributed by atoms with Gasteiger partial charge in [0, 0.05) is 16.7 Å². The van der Waals surface area contributed by atoms with Crippen LogP contribution in [0.1, 0.15) is 27.0 Å². The van der Waals surface area contributed by atoms with Gasteiger partial charge in [-0.25, -0.2) is 0 Å². The maximum absolute atomic E-state index is 12.6. The lowest BCUT2D eigenvalue weighted by Gasteiger charge is -2.10. The van der Waals surface area contributed by atoms with E-state index in [1.54, 1.807) is 19.2 Å². The van der Waals surface area contributed by atoms with Crippen LogP contribution in [0.4, 0.5) is 0 Å². The Labute approximate surface area is 193 Å². The molecule has 3 nitrogen and oxygen atoms in total. The van der Waals surface area contributed by atoms with Gasteiger partial charge < -0.3 is 9.47 Å². The molecule has 0 spiro atoms. The fourth-order valence-electron chi connectivity index (χ4n) is 3.46. The number of methoxy groups -OCH3 is 1. The second kappa shape index (κ2) is 9.71. The summed E-state index contributed by atoms with van der Waals surface area (Å²) < 4.78 is 11.3. The Kier molecular flexibility index (Phi) is 6.58. The van der Waals surface area contributed by atoms with Gasteiger partial charge in [-0.05, 0) is 66.6 Å². The summed E-state index contributed by atoms with van der Waals surface area (Å²) in [7, 11) is 1.64. The van der Waals surface area contributed by atoms with Gasteiger partial charge in [-0.1, -0.05) is 48.0 Å². The van der Waals surface area contributed by atoms with Crippen LogP contribution < -0.4 is 9.47 Å². The van der Waals surface area contributed by atoms with Gasteiger partial charge in [-0.15, -0.1) is 11.6 Å². The molecular weight excluding hydrogens is 420 g/mol. The summed E-state index contributed by atoms with van der Waals surface area (Å²) in [6, 6.07) is 28.6. The monoisotopic (exact) mass is 442 g/mol. The van der Waals surface area contributed by atoms with Crippen molar-refractivity contribution in [2.75, 3.05) is 7.11 Å². The first-order valence-electron chi connectivity index (χ1n) is 10.3. The van der Waals surface area contributed by atoms with E-state index in [0.717, 1.165) is 33.8 Å². The van der Waals surface area contributed by atoms with Crippen LogP contribution in [0.5, 0.6) is 17.2 Å². The Balaban J connectivity index is 1.46. The van der Waals surface area contributed by atoms with Gasteiger partial charge in [0.05, 0.1) is 13.0 Å². The number of aryl methyl sites for hydroxylation is 1. The number of rotatable bonds is 7. The van der Waals surface area contributed by atoms with Crippen molar-refractivity contribution >= 4 is 17.4 Å². The summed E-state index contributed by atoms with van der Waals surface area (Å²) in [5.41, 5.74) is 5.51. The predicted molar refractivity (Wildman–Crippen MR) is 129 cm³/mol.